The van der Waals surface area contributed by atoms with E-state index in [1.54, 1.807) is 6.92 Å². The van der Waals surface area contributed by atoms with Crippen molar-refractivity contribution in [1.29, 1.82) is 0 Å². The van der Waals surface area contributed by atoms with E-state index in [1.165, 1.54) is 28.0 Å². The van der Waals surface area contributed by atoms with E-state index < -0.39 is 23.7 Å². The molecule has 8 heteroatoms. The third-order valence-electron chi connectivity index (χ3n) is 3.56. The summed E-state index contributed by atoms with van der Waals surface area (Å²) < 4.78 is 43.8. The minimum absolute atomic E-state index is 0.170. The minimum Gasteiger partial charge on any atom is -0.450 e. The van der Waals surface area contributed by atoms with Crippen molar-refractivity contribution in [2.24, 2.45) is 0 Å². The molecule has 1 fully saturated rings. The molecule has 0 aliphatic carbocycles. The summed E-state index contributed by atoms with van der Waals surface area (Å²) in [6.45, 7) is 2.74. The van der Waals surface area contributed by atoms with Gasteiger partial charge in [-0.05, 0) is 19.1 Å². The van der Waals surface area contributed by atoms with Gasteiger partial charge in [0.2, 0.25) is 0 Å². The molecule has 1 aliphatic rings. The van der Waals surface area contributed by atoms with Crippen LogP contribution in [0.5, 0.6) is 0 Å². The highest BCUT2D eigenvalue weighted by atomic mass is 19.4. The number of benzene rings is 1. The summed E-state index contributed by atoms with van der Waals surface area (Å²) in [5.41, 5.74) is -1.32. The summed E-state index contributed by atoms with van der Waals surface area (Å²) in [7, 11) is 0. The zero-order chi connectivity index (χ0) is 17.0. The highest BCUT2D eigenvalue weighted by Gasteiger charge is 2.36. The first-order chi connectivity index (χ1) is 10.8. The number of hydrogen-bond donors (Lipinski definition) is 0. The number of ether oxygens (including phenoxy) is 1. The molecule has 2 rings (SSSR count). The molecule has 0 bridgehead atoms. The Morgan fingerprint density at radius 3 is 2.22 bits per heavy atom. The lowest BCUT2D eigenvalue weighted by molar-refractivity contribution is -0.138. The fraction of sp³-hybridized carbons (Fsp3) is 0.467. The molecular formula is C15H17F3N2O3. The number of amides is 2. The second kappa shape index (κ2) is 6.89. The first-order valence-electron chi connectivity index (χ1n) is 7.21. The lowest BCUT2D eigenvalue weighted by atomic mass is 10.1. The van der Waals surface area contributed by atoms with Crippen LogP contribution < -0.4 is 0 Å². The van der Waals surface area contributed by atoms with Crippen LogP contribution in [0.25, 0.3) is 0 Å². The van der Waals surface area contributed by atoms with Gasteiger partial charge in [0.25, 0.3) is 5.91 Å². The van der Waals surface area contributed by atoms with E-state index in [0.717, 1.165) is 6.07 Å². The Morgan fingerprint density at radius 1 is 1.09 bits per heavy atom. The predicted molar refractivity (Wildman–Crippen MR) is 75.9 cm³/mol. The Kier molecular flexibility index (Phi) is 5.12. The number of rotatable bonds is 2. The first-order valence-corrected chi connectivity index (χ1v) is 7.21. The molecular weight excluding hydrogens is 313 g/mol. The van der Waals surface area contributed by atoms with Gasteiger partial charge >= 0.3 is 12.3 Å². The monoisotopic (exact) mass is 330 g/mol. The lowest BCUT2D eigenvalue weighted by Crippen LogP contribution is -2.51. The molecule has 5 nitrogen and oxygen atoms in total. The second-order valence-electron chi connectivity index (χ2n) is 5.02. The van der Waals surface area contributed by atoms with Crippen LogP contribution in [0.4, 0.5) is 18.0 Å². The SMILES string of the molecule is CCOC(=O)N1CCN(C(=O)c2ccccc2C(F)(F)F)CC1. The largest absolute Gasteiger partial charge is 0.450 e. The number of hydrogen-bond acceptors (Lipinski definition) is 3. The second-order valence-corrected chi connectivity index (χ2v) is 5.02. The number of piperazine rings is 1. The molecule has 23 heavy (non-hydrogen) atoms. The van der Waals surface area contributed by atoms with Gasteiger partial charge in [0, 0.05) is 26.2 Å². The molecule has 1 aliphatic heterocycles. The quantitative estimate of drug-likeness (QED) is 0.837. The average Bonchev–Trinajstić information content (AvgIpc) is 2.54. The van der Waals surface area contributed by atoms with Gasteiger partial charge in [-0.1, -0.05) is 12.1 Å². The Bertz CT molecular complexity index is 582. The Labute approximate surface area is 131 Å². The van der Waals surface area contributed by atoms with Gasteiger partial charge in [-0.3, -0.25) is 4.79 Å². The summed E-state index contributed by atoms with van der Waals surface area (Å²) in [4.78, 5) is 26.7. The highest BCUT2D eigenvalue weighted by Crippen LogP contribution is 2.32. The van der Waals surface area contributed by atoms with Crippen LogP contribution in [0.2, 0.25) is 0 Å². The third-order valence-corrected chi connectivity index (χ3v) is 3.56. The molecule has 0 saturated carbocycles. The molecule has 2 amide bonds. The molecule has 126 valence electrons. The van der Waals surface area contributed by atoms with Crippen molar-refractivity contribution in [2.45, 2.75) is 13.1 Å². The number of alkyl halides is 3. The van der Waals surface area contributed by atoms with Crippen molar-refractivity contribution in [1.82, 2.24) is 9.80 Å². The molecule has 1 saturated heterocycles. The molecule has 1 heterocycles. The maximum atomic E-state index is 13.0. The summed E-state index contributed by atoms with van der Waals surface area (Å²) in [6, 6.07) is 4.71. The number of carbonyl (C=O) groups excluding carboxylic acids is 2. The fourth-order valence-electron chi connectivity index (χ4n) is 2.39. The zero-order valence-corrected chi connectivity index (χ0v) is 12.6. The van der Waals surface area contributed by atoms with Crippen LogP contribution in [0.1, 0.15) is 22.8 Å². The molecule has 0 N–H and O–H groups in total. The summed E-state index contributed by atoms with van der Waals surface area (Å²) in [5.74, 6) is -0.679. The van der Waals surface area contributed by atoms with Crippen LogP contribution in [0.3, 0.4) is 0 Å². The van der Waals surface area contributed by atoms with E-state index in [1.807, 2.05) is 0 Å². The number of halogens is 3. The summed E-state index contributed by atoms with van der Waals surface area (Å²) in [6.07, 6.45) is -5.06. The number of nitrogens with zero attached hydrogens (tertiary/aromatic N) is 2. The van der Waals surface area contributed by atoms with E-state index in [0.29, 0.717) is 0 Å². The van der Waals surface area contributed by atoms with Crippen LogP contribution in [0.15, 0.2) is 24.3 Å². The van der Waals surface area contributed by atoms with E-state index in [-0.39, 0.29) is 38.3 Å². The summed E-state index contributed by atoms with van der Waals surface area (Å²) in [5, 5.41) is 0. The molecule has 0 unspecified atom stereocenters. The van der Waals surface area contributed by atoms with Crippen LogP contribution in [-0.2, 0) is 10.9 Å². The van der Waals surface area contributed by atoms with Crippen molar-refractivity contribution in [2.75, 3.05) is 32.8 Å². The van der Waals surface area contributed by atoms with Crippen molar-refractivity contribution in [3.8, 4) is 0 Å². The Morgan fingerprint density at radius 2 is 1.65 bits per heavy atom. The highest BCUT2D eigenvalue weighted by molar-refractivity contribution is 5.96. The van der Waals surface area contributed by atoms with Crippen LogP contribution in [-0.4, -0.2) is 54.6 Å². The molecule has 1 aromatic carbocycles. The van der Waals surface area contributed by atoms with Gasteiger partial charge in [-0.25, -0.2) is 4.79 Å². The molecule has 0 atom stereocenters. The third kappa shape index (κ3) is 3.94. The van der Waals surface area contributed by atoms with E-state index >= 15 is 0 Å². The van der Waals surface area contributed by atoms with Gasteiger partial charge in [0.1, 0.15) is 0 Å². The maximum absolute atomic E-state index is 13.0. The smallest absolute Gasteiger partial charge is 0.417 e. The minimum atomic E-state index is -4.58. The van der Waals surface area contributed by atoms with Crippen LogP contribution >= 0.6 is 0 Å². The first kappa shape index (κ1) is 17.1. The van der Waals surface area contributed by atoms with Gasteiger partial charge < -0.3 is 14.5 Å². The van der Waals surface area contributed by atoms with E-state index in [4.69, 9.17) is 4.74 Å². The average molecular weight is 330 g/mol. The van der Waals surface area contributed by atoms with E-state index in [9.17, 15) is 22.8 Å². The van der Waals surface area contributed by atoms with Crippen molar-refractivity contribution >= 4 is 12.0 Å². The lowest BCUT2D eigenvalue weighted by Gasteiger charge is -2.34. The Hall–Kier alpha value is -2.25. The van der Waals surface area contributed by atoms with Crippen LogP contribution in [0, 0.1) is 0 Å². The molecule has 0 aromatic heterocycles. The zero-order valence-electron chi connectivity index (χ0n) is 12.6. The summed E-state index contributed by atoms with van der Waals surface area (Å²) >= 11 is 0. The topological polar surface area (TPSA) is 49.9 Å². The normalized spacial score (nSPS) is 15.5. The standard InChI is InChI=1S/C15H17F3N2O3/c1-2-23-14(22)20-9-7-19(8-10-20)13(21)11-5-3-4-6-12(11)15(16,17)18/h3-6H,2,7-10H2,1H3. The van der Waals surface area contributed by atoms with Crippen molar-refractivity contribution in [3.63, 3.8) is 0 Å². The van der Waals surface area contributed by atoms with Gasteiger partial charge in [0.15, 0.2) is 0 Å². The van der Waals surface area contributed by atoms with E-state index in [2.05, 4.69) is 0 Å². The molecule has 0 spiro atoms. The molecule has 0 radical (unpaired) electrons. The van der Waals surface area contributed by atoms with Crippen molar-refractivity contribution < 1.29 is 27.5 Å². The molecule has 1 aromatic rings. The fourth-order valence-corrected chi connectivity index (χ4v) is 2.39. The predicted octanol–water partition coefficient (Wildman–Crippen LogP) is 2.62. The number of carbonyl (C=O) groups is 2. The van der Waals surface area contributed by atoms with Crippen molar-refractivity contribution in [3.05, 3.63) is 35.4 Å². The van der Waals surface area contributed by atoms with Gasteiger partial charge in [-0.2, -0.15) is 13.2 Å². The van der Waals surface area contributed by atoms with Gasteiger partial charge in [-0.15, -0.1) is 0 Å². The Balaban J connectivity index is 2.08. The maximum Gasteiger partial charge on any atom is 0.417 e. The van der Waals surface area contributed by atoms with Gasteiger partial charge in [0.05, 0.1) is 17.7 Å².